The summed E-state index contributed by atoms with van der Waals surface area (Å²) in [4.78, 5) is 17.9. The fourth-order valence-corrected chi connectivity index (χ4v) is 3.41. The number of aryl methyl sites for hydroxylation is 1. The first-order chi connectivity index (χ1) is 11.1. The van der Waals surface area contributed by atoms with E-state index in [4.69, 9.17) is 9.47 Å². The molecule has 128 valence electrons. The Kier molecular flexibility index (Phi) is 4.99. The van der Waals surface area contributed by atoms with E-state index in [-0.39, 0.29) is 24.2 Å². The van der Waals surface area contributed by atoms with Gasteiger partial charge in [-0.05, 0) is 12.8 Å². The van der Waals surface area contributed by atoms with Gasteiger partial charge in [0.1, 0.15) is 6.61 Å². The third-order valence-electron chi connectivity index (χ3n) is 4.97. The minimum atomic E-state index is -0.0862. The average Bonchev–Trinajstić information content (AvgIpc) is 3.15. The molecular formula is C16H26N4O3. The molecule has 1 amide bonds. The molecule has 2 fully saturated rings. The maximum atomic E-state index is 11.3. The van der Waals surface area contributed by atoms with Crippen molar-refractivity contribution in [2.45, 2.75) is 37.5 Å². The number of piperidine rings is 1. The van der Waals surface area contributed by atoms with Gasteiger partial charge in [0.25, 0.3) is 0 Å². The zero-order chi connectivity index (χ0) is 16.3. The molecule has 3 heterocycles. The molecule has 2 saturated heterocycles. The Hall–Kier alpha value is -1.44. The summed E-state index contributed by atoms with van der Waals surface area (Å²) in [5, 5.41) is 2.57. The first kappa shape index (κ1) is 16.4. The molecule has 0 aliphatic carbocycles. The average molecular weight is 322 g/mol. The van der Waals surface area contributed by atoms with Crippen LogP contribution in [0.1, 0.15) is 25.0 Å². The number of imidazole rings is 1. The second-order valence-corrected chi connectivity index (χ2v) is 6.58. The topological polar surface area (TPSA) is 68.6 Å². The third kappa shape index (κ3) is 3.91. The monoisotopic (exact) mass is 322 g/mol. The quantitative estimate of drug-likeness (QED) is 0.845. The van der Waals surface area contributed by atoms with Crippen LogP contribution in [-0.2, 0) is 27.9 Å². The van der Waals surface area contributed by atoms with E-state index in [1.54, 1.807) is 7.05 Å². The highest BCUT2D eigenvalue weighted by Gasteiger charge is 2.43. The van der Waals surface area contributed by atoms with Gasteiger partial charge in [-0.25, -0.2) is 4.98 Å². The van der Waals surface area contributed by atoms with Crippen molar-refractivity contribution in [2.24, 2.45) is 7.05 Å². The van der Waals surface area contributed by atoms with E-state index in [9.17, 15) is 4.79 Å². The molecule has 0 bridgehead atoms. The van der Waals surface area contributed by atoms with Crippen molar-refractivity contribution < 1.29 is 14.3 Å². The highest BCUT2D eigenvalue weighted by Crippen LogP contribution is 2.37. The van der Waals surface area contributed by atoms with Crippen LogP contribution in [-0.4, -0.2) is 65.4 Å². The van der Waals surface area contributed by atoms with Gasteiger partial charge in [0.2, 0.25) is 5.91 Å². The number of carbonyl (C=O) groups is 1. The molecule has 0 saturated carbocycles. The van der Waals surface area contributed by atoms with Gasteiger partial charge in [-0.15, -0.1) is 0 Å². The van der Waals surface area contributed by atoms with Gasteiger partial charge < -0.3 is 19.4 Å². The summed E-state index contributed by atoms with van der Waals surface area (Å²) in [7, 11) is 3.65. The summed E-state index contributed by atoms with van der Waals surface area (Å²) in [5.41, 5.74) is 1.18. The first-order valence-corrected chi connectivity index (χ1v) is 8.24. The largest absolute Gasteiger partial charge is 0.372 e. The number of carbonyl (C=O) groups excluding carboxylic acids is 1. The minimum absolute atomic E-state index is 0.0379. The van der Waals surface area contributed by atoms with Crippen LogP contribution in [0.5, 0.6) is 0 Å². The van der Waals surface area contributed by atoms with Gasteiger partial charge in [-0.3, -0.25) is 9.69 Å². The molecule has 1 aromatic rings. The van der Waals surface area contributed by atoms with E-state index < -0.39 is 0 Å². The zero-order valence-corrected chi connectivity index (χ0v) is 14.0. The zero-order valence-electron chi connectivity index (χ0n) is 14.0. The van der Waals surface area contributed by atoms with Crippen molar-refractivity contribution in [3.63, 3.8) is 0 Å². The SMILES string of the molecule is CNC(=O)COC1COC2(CCN(Cc3cncn3C)CC2)C1. The van der Waals surface area contributed by atoms with Crippen LogP contribution in [0.2, 0.25) is 0 Å². The van der Waals surface area contributed by atoms with Gasteiger partial charge in [-0.1, -0.05) is 0 Å². The number of likely N-dealkylation sites (N-methyl/N-ethyl adjacent to an activating group) is 1. The van der Waals surface area contributed by atoms with Crippen LogP contribution in [0.4, 0.5) is 0 Å². The van der Waals surface area contributed by atoms with E-state index in [1.807, 2.05) is 19.6 Å². The Morgan fingerprint density at radius 3 is 2.96 bits per heavy atom. The van der Waals surface area contributed by atoms with Crippen LogP contribution >= 0.6 is 0 Å². The summed E-state index contributed by atoms with van der Waals surface area (Å²) in [6.07, 6.45) is 6.74. The van der Waals surface area contributed by atoms with Gasteiger partial charge in [0, 0.05) is 46.3 Å². The Bertz CT molecular complexity index is 537. The molecule has 2 aliphatic heterocycles. The van der Waals surface area contributed by atoms with Crippen LogP contribution in [0, 0.1) is 0 Å². The third-order valence-corrected chi connectivity index (χ3v) is 4.97. The lowest BCUT2D eigenvalue weighted by molar-refractivity contribution is -0.127. The van der Waals surface area contributed by atoms with Crippen molar-refractivity contribution in [1.29, 1.82) is 0 Å². The molecule has 0 radical (unpaired) electrons. The molecule has 3 rings (SSSR count). The number of nitrogens with one attached hydrogen (secondary N) is 1. The summed E-state index contributed by atoms with van der Waals surface area (Å²) in [6.45, 7) is 3.69. The van der Waals surface area contributed by atoms with Crippen LogP contribution in [0.25, 0.3) is 0 Å². The molecular weight excluding hydrogens is 296 g/mol. The van der Waals surface area contributed by atoms with Crippen LogP contribution in [0.15, 0.2) is 12.5 Å². The normalized spacial score (nSPS) is 24.2. The summed E-state index contributed by atoms with van der Waals surface area (Å²) >= 11 is 0. The highest BCUT2D eigenvalue weighted by atomic mass is 16.6. The number of aromatic nitrogens is 2. The molecule has 1 unspecified atom stereocenters. The lowest BCUT2D eigenvalue weighted by atomic mass is 9.88. The second-order valence-electron chi connectivity index (χ2n) is 6.58. The number of amides is 1. The molecule has 1 spiro atoms. The Morgan fingerprint density at radius 1 is 1.52 bits per heavy atom. The van der Waals surface area contributed by atoms with E-state index in [2.05, 4.69) is 19.8 Å². The second kappa shape index (κ2) is 6.98. The molecule has 0 aromatic carbocycles. The molecule has 23 heavy (non-hydrogen) atoms. The Balaban J connectivity index is 1.45. The molecule has 1 N–H and O–H groups in total. The highest BCUT2D eigenvalue weighted by molar-refractivity contribution is 5.76. The van der Waals surface area contributed by atoms with E-state index >= 15 is 0 Å². The van der Waals surface area contributed by atoms with E-state index in [0.29, 0.717) is 6.61 Å². The lowest BCUT2D eigenvalue weighted by Gasteiger charge is -2.38. The fourth-order valence-electron chi connectivity index (χ4n) is 3.41. The predicted molar refractivity (Wildman–Crippen MR) is 84.8 cm³/mol. The number of nitrogens with zero attached hydrogens (tertiary/aromatic N) is 3. The first-order valence-electron chi connectivity index (χ1n) is 8.24. The standard InChI is InChI=1S/C16H26N4O3/c1-17-15(21)11-22-14-7-16(23-10-14)3-5-20(6-4-16)9-13-8-18-12-19(13)2/h8,12,14H,3-7,9-11H2,1-2H3,(H,17,21). The van der Waals surface area contributed by atoms with E-state index in [0.717, 1.165) is 38.9 Å². The predicted octanol–water partition coefficient (Wildman–Crippen LogP) is 0.306. The molecule has 7 nitrogen and oxygen atoms in total. The van der Waals surface area contributed by atoms with Gasteiger partial charge >= 0.3 is 0 Å². The molecule has 7 heteroatoms. The van der Waals surface area contributed by atoms with Crippen molar-refractivity contribution in [2.75, 3.05) is 33.4 Å². The summed E-state index contributed by atoms with van der Waals surface area (Å²) in [6, 6.07) is 0. The van der Waals surface area contributed by atoms with Crippen molar-refractivity contribution in [3.8, 4) is 0 Å². The molecule has 1 aromatic heterocycles. The summed E-state index contributed by atoms with van der Waals surface area (Å²) in [5.74, 6) is -0.0862. The minimum Gasteiger partial charge on any atom is -0.372 e. The van der Waals surface area contributed by atoms with Gasteiger partial charge in [0.15, 0.2) is 0 Å². The van der Waals surface area contributed by atoms with Gasteiger partial charge in [0.05, 0.1) is 30.3 Å². The van der Waals surface area contributed by atoms with E-state index in [1.165, 1.54) is 5.69 Å². The smallest absolute Gasteiger partial charge is 0.245 e. The molecule has 1 atom stereocenters. The lowest BCUT2D eigenvalue weighted by Crippen LogP contribution is -2.44. The van der Waals surface area contributed by atoms with Crippen LogP contribution in [0.3, 0.4) is 0 Å². The van der Waals surface area contributed by atoms with Gasteiger partial charge in [-0.2, -0.15) is 0 Å². The maximum Gasteiger partial charge on any atom is 0.245 e. The van der Waals surface area contributed by atoms with Crippen molar-refractivity contribution in [3.05, 3.63) is 18.2 Å². The summed E-state index contributed by atoms with van der Waals surface area (Å²) < 4.78 is 13.8. The molecule has 2 aliphatic rings. The number of hydrogen-bond donors (Lipinski definition) is 1. The Labute approximate surface area is 137 Å². The maximum absolute atomic E-state index is 11.3. The number of likely N-dealkylation sites (tertiary alicyclic amines) is 1. The number of hydrogen-bond acceptors (Lipinski definition) is 5. The number of rotatable bonds is 5. The number of ether oxygens (including phenoxy) is 2. The fraction of sp³-hybridized carbons (Fsp3) is 0.750. The van der Waals surface area contributed by atoms with Crippen LogP contribution < -0.4 is 5.32 Å². The van der Waals surface area contributed by atoms with Crippen molar-refractivity contribution in [1.82, 2.24) is 19.8 Å². The van der Waals surface area contributed by atoms with Crippen molar-refractivity contribution >= 4 is 5.91 Å². The Morgan fingerprint density at radius 2 is 2.30 bits per heavy atom.